The molecular weight excluding hydrogens is 591 g/mol. The molecular formula is C31H25FN4O9. The number of rotatable bonds is 5. The molecule has 0 radical (unpaired) electrons. The zero-order valence-electron chi connectivity index (χ0n) is 24.1. The van der Waals surface area contributed by atoms with Crippen LogP contribution in [0.4, 0.5) is 27.1 Å². The predicted octanol–water partition coefficient (Wildman–Crippen LogP) is 4.05. The number of ketones is 2. The Balaban J connectivity index is 1.49. The lowest BCUT2D eigenvalue weighted by Gasteiger charge is -2.42. The normalized spacial score (nSPS) is 24.1. The number of hydrogen-bond donors (Lipinski definition) is 1. The second-order valence-corrected chi connectivity index (χ2v) is 11.7. The maximum absolute atomic E-state index is 14.6. The van der Waals surface area contributed by atoms with E-state index in [0.717, 1.165) is 29.2 Å². The summed E-state index contributed by atoms with van der Waals surface area (Å²) in [7, 11) is 2.78. The van der Waals surface area contributed by atoms with Gasteiger partial charge in [-0.3, -0.25) is 39.4 Å². The quantitative estimate of drug-likeness (QED) is 0.169. The molecule has 0 bridgehead atoms. The molecule has 0 spiro atoms. The molecule has 3 aliphatic carbocycles. The van der Waals surface area contributed by atoms with Gasteiger partial charge in [-0.05, 0) is 49.5 Å². The number of carbonyl (C=O) groups is 4. The number of fused-ring (bicyclic) bond motifs is 3. The van der Waals surface area contributed by atoms with E-state index < -0.39 is 79.8 Å². The molecule has 1 fully saturated rings. The Bertz CT molecular complexity index is 1860. The Labute approximate surface area is 254 Å². The molecule has 13 nitrogen and oxygen atoms in total. The maximum Gasteiger partial charge on any atom is 0.301 e. The van der Waals surface area contributed by atoms with Gasteiger partial charge in [0, 0.05) is 48.9 Å². The van der Waals surface area contributed by atoms with Gasteiger partial charge in [-0.15, -0.1) is 0 Å². The number of Topliss-reactive ketones (excluding diaryl/α,β-unsaturated/α-hetero) is 1. The van der Waals surface area contributed by atoms with Crippen molar-refractivity contribution in [3.8, 4) is 5.75 Å². The van der Waals surface area contributed by atoms with E-state index in [0.29, 0.717) is 5.57 Å². The van der Waals surface area contributed by atoms with Crippen LogP contribution in [0.25, 0.3) is 0 Å². The molecule has 1 N–H and O–H groups in total. The second kappa shape index (κ2) is 10.3. The standard InChI is InChI=1S/C31H25FN4O9/c1-13-8-24(38)27-19(29(13)39)12-18-16(25(27)14-4-7-23(37)20(32)9-14)5-6-17-26(18)31(41)34(30(17)40)15-10-21(35(42)43)28(33(2)3)22(11-15)36(44)45/h4-5,7-11,17-18,25-26,37H,6,12H2,1-3H3/t17-,18+,25-,26-/m0/s1. The molecule has 4 aliphatic rings. The Morgan fingerprint density at radius 1 is 0.978 bits per heavy atom. The van der Waals surface area contributed by atoms with Crippen LogP contribution in [-0.4, -0.2) is 52.4 Å². The Kier molecular flexibility index (Phi) is 6.75. The summed E-state index contributed by atoms with van der Waals surface area (Å²) in [6.07, 6.45) is 2.86. The van der Waals surface area contributed by atoms with Crippen LogP contribution < -0.4 is 9.80 Å². The largest absolute Gasteiger partial charge is 0.505 e. The minimum atomic E-state index is -1.07. The van der Waals surface area contributed by atoms with Crippen molar-refractivity contribution < 1.29 is 38.5 Å². The molecule has 1 saturated heterocycles. The number of amides is 2. The van der Waals surface area contributed by atoms with Gasteiger partial charge in [0.25, 0.3) is 0 Å². The summed E-state index contributed by atoms with van der Waals surface area (Å²) in [4.78, 5) is 78.8. The summed E-state index contributed by atoms with van der Waals surface area (Å²) in [5.74, 6) is -7.68. The number of nitro groups is 2. The number of benzene rings is 2. The monoisotopic (exact) mass is 616 g/mol. The van der Waals surface area contributed by atoms with E-state index in [1.165, 1.54) is 38.1 Å². The zero-order chi connectivity index (χ0) is 32.6. The predicted molar refractivity (Wildman–Crippen MR) is 156 cm³/mol. The van der Waals surface area contributed by atoms with Crippen molar-refractivity contribution in [2.75, 3.05) is 23.9 Å². The minimum Gasteiger partial charge on any atom is -0.505 e. The SMILES string of the molecule is CC1=CC(=O)C2=C(C[C@@H]3C(=CC[C@@H]4C(=O)N(c5cc([N+](=O)[O-])c(N(C)C)c([N+](=O)[O-])c5)C(=O)[C@@H]43)[C@@H]2c2ccc(O)c(F)c2)C1=O. The summed E-state index contributed by atoms with van der Waals surface area (Å²) in [6, 6.07) is 5.50. The van der Waals surface area contributed by atoms with Gasteiger partial charge in [0.05, 0.1) is 27.4 Å². The molecule has 2 aromatic rings. The number of nitrogens with zero attached hydrogens (tertiary/aromatic N) is 4. The first-order valence-electron chi connectivity index (χ1n) is 13.9. The van der Waals surface area contributed by atoms with E-state index in [-0.39, 0.29) is 46.5 Å². The van der Waals surface area contributed by atoms with Crippen molar-refractivity contribution in [2.45, 2.75) is 25.7 Å². The molecule has 1 heterocycles. The van der Waals surface area contributed by atoms with Gasteiger partial charge in [-0.25, -0.2) is 9.29 Å². The summed E-state index contributed by atoms with van der Waals surface area (Å²) in [6.45, 7) is 1.48. The second-order valence-electron chi connectivity index (χ2n) is 11.7. The van der Waals surface area contributed by atoms with E-state index in [4.69, 9.17) is 0 Å². The first kappa shape index (κ1) is 29.5. The molecule has 2 amide bonds. The molecule has 1 aliphatic heterocycles. The van der Waals surface area contributed by atoms with Crippen LogP contribution in [0.5, 0.6) is 5.75 Å². The Hall–Kier alpha value is -5.53. The lowest BCUT2D eigenvalue weighted by molar-refractivity contribution is -0.392. The van der Waals surface area contributed by atoms with E-state index in [1.54, 1.807) is 6.08 Å². The summed E-state index contributed by atoms with van der Waals surface area (Å²) in [5, 5.41) is 33.7. The van der Waals surface area contributed by atoms with Crippen molar-refractivity contribution in [3.63, 3.8) is 0 Å². The average Bonchev–Trinajstić information content (AvgIpc) is 3.24. The highest BCUT2D eigenvalue weighted by Crippen LogP contribution is 2.56. The lowest BCUT2D eigenvalue weighted by atomic mass is 9.59. The third-order valence-corrected chi connectivity index (χ3v) is 9.02. The smallest absolute Gasteiger partial charge is 0.301 e. The highest BCUT2D eigenvalue weighted by Gasteiger charge is 2.57. The van der Waals surface area contributed by atoms with Crippen molar-refractivity contribution in [1.29, 1.82) is 0 Å². The molecule has 6 rings (SSSR count). The van der Waals surface area contributed by atoms with Crippen LogP contribution in [0.2, 0.25) is 0 Å². The van der Waals surface area contributed by atoms with Gasteiger partial charge >= 0.3 is 11.4 Å². The van der Waals surface area contributed by atoms with Crippen LogP contribution >= 0.6 is 0 Å². The number of halogens is 1. The third kappa shape index (κ3) is 4.35. The number of carbonyl (C=O) groups excluding carboxylic acids is 4. The van der Waals surface area contributed by atoms with Gasteiger partial charge in [0.2, 0.25) is 11.8 Å². The topological polar surface area (TPSA) is 181 Å². The van der Waals surface area contributed by atoms with Crippen LogP contribution in [0.1, 0.15) is 31.2 Å². The van der Waals surface area contributed by atoms with Gasteiger partial charge in [0.1, 0.15) is 0 Å². The zero-order valence-corrected chi connectivity index (χ0v) is 24.1. The number of imide groups is 1. The highest BCUT2D eigenvalue weighted by molar-refractivity contribution is 6.25. The molecule has 4 atom stereocenters. The molecule has 2 aromatic carbocycles. The third-order valence-electron chi connectivity index (χ3n) is 9.02. The number of phenols is 1. The van der Waals surface area contributed by atoms with Crippen LogP contribution in [0.3, 0.4) is 0 Å². The number of hydrogen-bond acceptors (Lipinski definition) is 10. The molecule has 230 valence electrons. The molecule has 45 heavy (non-hydrogen) atoms. The fraction of sp³-hybridized carbons (Fsp3) is 0.290. The van der Waals surface area contributed by atoms with Crippen molar-refractivity contribution in [1.82, 2.24) is 0 Å². The van der Waals surface area contributed by atoms with Gasteiger partial charge in [0.15, 0.2) is 28.8 Å². The van der Waals surface area contributed by atoms with Crippen molar-refractivity contribution in [3.05, 3.63) is 96.4 Å². The van der Waals surface area contributed by atoms with Crippen LogP contribution in [-0.2, 0) is 19.2 Å². The Morgan fingerprint density at radius 3 is 2.20 bits per heavy atom. The number of allylic oxidation sites excluding steroid dienone is 6. The highest BCUT2D eigenvalue weighted by atomic mass is 19.1. The maximum atomic E-state index is 14.6. The molecule has 0 unspecified atom stereocenters. The molecule has 0 aromatic heterocycles. The fourth-order valence-electron chi connectivity index (χ4n) is 7.17. The van der Waals surface area contributed by atoms with Gasteiger partial charge in [-0.2, -0.15) is 0 Å². The summed E-state index contributed by atoms with van der Waals surface area (Å²) < 4.78 is 14.6. The summed E-state index contributed by atoms with van der Waals surface area (Å²) >= 11 is 0. The first-order chi connectivity index (χ1) is 21.2. The molecule has 0 saturated carbocycles. The first-order valence-corrected chi connectivity index (χ1v) is 13.9. The minimum absolute atomic E-state index is 0.0220. The average molecular weight is 617 g/mol. The van der Waals surface area contributed by atoms with E-state index in [2.05, 4.69) is 0 Å². The number of aromatic hydroxyl groups is 1. The number of phenolic OH excluding ortho intramolecular Hbond substituents is 1. The van der Waals surface area contributed by atoms with E-state index in [9.17, 15) is 48.9 Å². The van der Waals surface area contributed by atoms with Gasteiger partial charge < -0.3 is 10.0 Å². The van der Waals surface area contributed by atoms with Crippen LogP contribution in [0.15, 0.2) is 64.8 Å². The summed E-state index contributed by atoms with van der Waals surface area (Å²) in [5.41, 5.74) is -0.738. The van der Waals surface area contributed by atoms with Crippen molar-refractivity contribution >= 4 is 46.1 Å². The van der Waals surface area contributed by atoms with Crippen molar-refractivity contribution in [2.24, 2.45) is 17.8 Å². The lowest BCUT2D eigenvalue weighted by Crippen LogP contribution is -2.39. The van der Waals surface area contributed by atoms with E-state index >= 15 is 0 Å². The van der Waals surface area contributed by atoms with Gasteiger partial charge in [-0.1, -0.05) is 17.7 Å². The number of nitro benzene ring substituents is 2. The Morgan fingerprint density at radius 2 is 1.62 bits per heavy atom. The fourth-order valence-corrected chi connectivity index (χ4v) is 7.17. The van der Waals surface area contributed by atoms with E-state index in [1.807, 2.05) is 0 Å². The van der Waals surface area contributed by atoms with Crippen LogP contribution in [0, 0.1) is 43.8 Å². The molecule has 14 heteroatoms. The number of anilines is 2.